The summed E-state index contributed by atoms with van der Waals surface area (Å²) in [4.78, 5) is 18.1. The molecule has 1 N–H and O–H groups in total. The summed E-state index contributed by atoms with van der Waals surface area (Å²) in [6.45, 7) is 4.21. The summed E-state index contributed by atoms with van der Waals surface area (Å²) in [5, 5.41) is 9.05. The van der Waals surface area contributed by atoms with Gasteiger partial charge in [-0.25, -0.2) is 0 Å². The van der Waals surface area contributed by atoms with E-state index in [0.29, 0.717) is 17.9 Å². The highest BCUT2D eigenvalue weighted by molar-refractivity contribution is 5.94. The second-order valence-corrected chi connectivity index (χ2v) is 5.03. The first-order valence-electron chi connectivity index (χ1n) is 6.65. The third kappa shape index (κ3) is 3.67. The van der Waals surface area contributed by atoms with Gasteiger partial charge in [0.1, 0.15) is 5.75 Å². The van der Waals surface area contributed by atoms with Crippen molar-refractivity contribution in [3.8, 4) is 5.75 Å². The van der Waals surface area contributed by atoms with Crippen LogP contribution in [0.5, 0.6) is 5.75 Å². The molecular weight excluding hydrogens is 244 g/mol. The number of pyridine rings is 1. The van der Waals surface area contributed by atoms with Crippen LogP contribution >= 0.6 is 0 Å². The van der Waals surface area contributed by atoms with Crippen LogP contribution in [-0.2, 0) is 0 Å². The van der Waals surface area contributed by atoms with Crippen LogP contribution in [0.1, 0.15) is 37.0 Å². The maximum absolute atomic E-state index is 12.4. The van der Waals surface area contributed by atoms with Gasteiger partial charge >= 0.3 is 0 Å². The van der Waals surface area contributed by atoms with Crippen molar-refractivity contribution in [3.63, 3.8) is 0 Å². The number of ether oxygens (including phenoxy) is 1. The first-order chi connectivity index (χ1) is 9.11. The summed E-state index contributed by atoms with van der Waals surface area (Å²) in [7, 11) is 0. The zero-order chi connectivity index (χ0) is 13.8. The van der Waals surface area contributed by atoms with Gasteiger partial charge < -0.3 is 14.7 Å². The fraction of sp³-hybridized carbons (Fsp3) is 0.571. The van der Waals surface area contributed by atoms with E-state index in [1.165, 1.54) is 0 Å². The predicted octanol–water partition coefficient (Wildman–Crippen LogP) is 1.47. The van der Waals surface area contributed by atoms with Crippen LogP contribution in [0.15, 0.2) is 18.5 Å². The number of carbonyl (C=O) groups is 1. The van der Waals surface area contributed by atoms with Gasteiger partial charge in [-0.2, -0.15) is 0 Å². The summed E-state index contributed by atoms with van der Waals surface area (Å²) in [6.07, 6.45) is 5.22. The molecule has 1 amide bonds. The van der Waals surface area contributed by atoms with Gasteiger partial charge in [0.15, 0.2) is 0 Å². The van der Waals surface area contributed by atoms with Gasteiger partial charge in [0.05, 0.1) is 24.5 Å². The minimum absolute atomic E-state index is 0.0160. The molecule has 0 spiro atoms. The number of aromatic nitrogens is 1. The number of rotatable bonds is 6. The zero-order valence-electron chi connectivity index (χ0n) is 11.4. The highest BCUT2D eigenvalue weighted by Gasteiger charge is 2.32. The van der Waals surface area contributed by atoms with E-state index in [4.69, 9.17) is 9.84 Å². The lowest BCUT2D eigenvalue weighted by Gasteiger charge is -2.21. The average molecular weight is 264 g/mol. The number of nitrogens with zero attached hydrogens (tertiary/aromatic N) is 2. The maximum atomic E-state index is 12.4. The fourth-order valence-corrected chi connectivity index (χ4v) is 1.98. The molecule has 0 radical (unpaired) electrons. The Kier molecular flexibility index (Phi) is 4.37. The van der Waals surface area contributed by atoms with E-state index < -0.39 is 0 Å². The maximum Gasteiger partial charge on any atom is 0.255 e. The van der Waals surface area contributed by atoms with E-state index in [2.05, 4.69) is 4.98 Å². The molecule has 0 aliphatic heterocycles. The monoisotopic (exact) mass is 264 g/mol. The first-order valence-corrected chi connectivity index (χ1v) is 6.65. The summed E-state index contributed by atoms with van der Waals surface area (Å²) < 4.78 is 5.54. The van der Waals surface area contributed by atoms with Crippen LogP contribution in [0, 0.1) is 0 Å². The molecule has 2 rings (SSSR count). The molecule has 1 aromatic rings. The molecule has 1 aromatic heterocycles. The van der Waals surface area contributed by atoms with E-state index in [-0.39, 0.29) is 24.7 Å². The lowest BCUT2D eigenvalue weighted by atomic mass is 10.2. The van der Waals surface area contributed by atoms with Crippen molar-refractivity contribution in [2.24, 2.45) is 0 Å². The lowest BCUT2D eigenvalue weighted by Crippen LogP contribution is -2.35. The van der Waals surface area contributed by atoms with Crippen LogP contribution in [0.3, 0.4) is 0 Å². The summed E-state index contributed by atoms with van der Waals surface area (Å²) >= 11 is 0. The number of aliphatic hydroxyl groups excluding tert-OH is 1. The Morgan fingerprint density at radius 1 is 1.53 bits per heavy atom. The van der Waals surface area contributed by atoms with Crippen LogP contribution in [0.25, 0.3) is 0 Å². The van der Waals surface area contributed by atoms with Crippen molar-refractivity contribution >= 4 is 5.91 Å². The van der Waals surface area contributed by atoms with Gasteiger partial charge in [0, 0.05) is 18.8 Å². The molecular formula is C14H20N2O3. The summed E-state index contributed by atoms with van der Waals surface area (Å²) in [6, 6.07) is 1.98. The van der Waals surface area contributed by atoms with Crippen molar-refractivity contribution in [1.29, 1.82) is 0 Å². The van der Waals surface area contributed by atoms with E-state index in [1.54, 1.807) is 23.4 Å². The largest absolute Gasteiger partial charge is 0.489 e. The second-order valence-electron chi connectivity index (χ2n) is 5.03. The van der Waals surface area contributed by atoms with Gasteiger partial charge in [-0.15, -0.1) is 0 Å². The molecule has 5 nitrogen and oxygen atoms in total. The standard InChI is InChI=1S/C14H20N2O3/c1-10(2)19-13-7-11(8-15-9-13)14(18)16(5-6-17)12-3-4-12/h7-10,12,17H,3-6H2,1-2H3. The number of aliphatic hydroxyl groups is 1. The summed E-state index contributed by atoms with van der Waals surface area (Å²) in [5.41, 5.74) is 0.512. The number of carbonyl (C=O) groups excluding carboxylic acids is 1. The van der Waals surface area contributed by atoms with Crippen LogP contribution in [-0.4, -0.2) is 46.2 Å². The molecule has 1 heterocycles. The quantitative estimate of drug-likeness (QED) is 0.845. The van der Waals surface area contributed by atoms with Gasteiger partial charge in [-0.05, 0) is 32.8 Å². The van der Waals surface area contributed by atoms with Crippen molar-refractivity contribution < 1.29 is 14.6 Å². The smallest absolute Gasteiger partial charge is 0.255 e. The molecule has 0 unspecified atom stereocenters. The minimum atomic E-state index is -0.0849. The Hall–Kier alpha value is -1.62. The second kappa shape index (κ2) is 6.02. The Morgan fingerprint density at radius 3 is 2.84 bits per heavy atom. The lowest BCUT2D eigenvalue weighted by molar-refractivity contribution is 0.0706. The molecule has 0 aromatic carbocycles. The molecule has 1 fully saturated rings. The summed E-state index contributed by atoms with van der Waals surface area (Å²) in [5.74, 6) is 0.513. The van der Waals surface area contributed by atoms with Crippen LogP contribution in [0.4, 0.5) is 0 Å². The Balaban J connectivity index is 2.12. The SMILES string of the molecule is CC(C)Oc1cncc(C(=O)N(CCO)C2CC2)c1. The topological polar surface area (TPSA) is 62.7 Å². The van der Waals surface area contributed by atoms with Crippen LogP contribution in [0.2, 0.25) is 0 Å². The minimum Gasteiger partial charge on any atom is -0.489 e. The molecule has 19 heavy (non-hydrogen) atoms. The van der Waals surface area contributed by atoms with E-state index in [0.717, 1.165) is 12.8 Å². The van der Waals surface area contributed by atoms with Crippen molar-refractivity contribution in [2.75, 3.05) is 13.2 Å². The van der Waals surface area contributed by atoms with E-state index in [9.17, 15) is 4.79 Å². The van der Waals surface area contributed by atoms with Crippen LogP contribution < -0.4 is 4.74 Å². The van der Waals surface area contributed by atoms with Crippen molar-refractivity contribution in [3.05, 3.63) is 24.0 Å². The molecule has 1 aliphatic carbocycles. The highest BCUT2D eigenvalue weighted by Crippen LogP contribution is 2.28. The fourth-order valence-electron chi connectivity index (χ4n) is 1.98. The zero-order valence-corrected chi connectivity index (χ0v) is 11.4. The predicted molar refractivity (Wildman–Crippen MR) is 71.1 cm³/mol. The number of amides is 1. The van der Waals surface area contributed by atoms with Crippen molar-refractivity contribution in [2.45, 2.75) is 38.8 Å². The molecule has 1 saturated carbocycles. The Bertz CT molecular complexity index is 444. The van der Waals surface area contributed by atoms with Gasteiger partial charge in [-0.1, -0.05) is 0 Å². The molecule has 0 atom stereocenters. The Labute approximate surface area is 113 Å². The molecule has 5 heteroatoms. The van der Waals surface area contributed by atoms with Gasteiger partial charge in [0.2, 0.25) is 0 Å². The third-order valence-electron chi connectivity index (χ3n) is 2.92. The number of hydrogen-bond acceptors (Lipinski definition) is 4. The van der Waals surface area contributed by atoms with E-state index >= 15 is 0 Å². The molecule has 1 aliphatic rings. The Morgan fingerprint density at radius 2 is 2.26 bits per heavy atom. The van der Waals surface area contributed by atoms with Crippen molar-refractivity contribution in [1.82, 2.24) is 9.88 Å². The van der Waals surface area contributed by atoms with Gasteiger partial charge in [0.25, 0.3) is 5.91 Å². The molecule has 104 valence electrons. The molecule has 0 saturated heterocycles. The molecule has 0 bridgehead atoms. The van der Waals surface area contributed by atoms with E-state index in [1.807, 2.05) is 13.8 Å². The highest BCUT2D eigenvalue weighted by atomic mass is 16.5. The average Bonchev–Trinajstić information content (AvgIpc) is 3.19. The first kappa shape index (κ1) is 13.8. The van der Waals surface area contributed by atoms with Gasteiger partial charge in [-0.3, -0.25) is 9.78 Å². The normalized spacial score (nSPS) is 14.5. The third-order valence-corrected chi connectivity index (χ3v) is 2.92. The number of hydrogen-bond donors (Lipinski definition) is 1.